The van der Waals surface area contributed by atoms with Gasteiger partial charge in [-0.2, -0.15) is 0 Å². The van der Waals surface area contributed by atoms with E-state index in [0.717, 1.165) is 29.5 Å². The third kappa shape index (κ3) is 6.94. The molecule has 3 N–H and O–H groups in total. The molecule has 0 saturated heterocycles. The number of ether oxygens (including phenoxy) is 1. The van der Waals surface area contributed by atoms with E-state index in [1.807, 2.05) is 42.8 Å². The minimum atomic E-state index is -1.04. The highest BCUT2D eigenvalue weighted by molar-refractivity contribution is 5.93. The Bertz CT molecular complexity index is 1060. The second-order valence-electron chi connectivity index (χ2n) is 9.53. The van der Waals surface area contributed by atoms with Crippen LogP contribution in [0.25, 0.3) is 0 Å². The Kier molecular flexibility index (Phi) is 9.26. The molecule has 0 fully saturated rings. The summed E-state index contributed by atoms with van der Waals surface area (Å²) in [5, 5.41) is 21.6. The van der Waals surface area contributed by atoms with Crippen molar-refractivity contribution >= 4 is 17.8 Å². The van der Waals surface area contributed by atoms with Crippen molar-refractivity contribution in [3.05, 3.63) is 52.8 Å². The number of aliphatic hydroxyl groups is 1. The van der Waals surface area contributed by atoms with Crippen molar-refractivity contribution in [2.75, 3.05) is 6.54 Å². The number of carbonyl (C=O) groups excluding carboxylic acids is 2. The van der Waals surface area contributed by atoms with Crippen molar-refractivity contribution in [1.29, 1.82) is 0 Å². The zero-order valence-electron chi connectivity index (χ0n) is 21.6. The lowest BCUT2D eigenvalue weighted by Gasteiger charge is -2.32. The van der Waals surface area contributed by atoms with Gasteiger partial charge in [0.2, 0.25) is 0 Å². The normalized spacial score (nSPS) is 11.9. The third-order valence-corrected chi connectivity index (χ3v) is 6.41. The number of nitrogens with one attached hydrogen (secondary N) is 1. The first-order valence-corrected chi connectivity index (χ1v) is 12.1. The maximum absolute atomic E-state index is 12.9. The summed E-state index contributed by atoms with van der Waals surface area (Å²) in [5.74, 6) is -1.46. The van der Waals surface area contributed by atoms with E-state index >= 15 is 0 Å². The minimum absolute atomic E-state index is 0.147. The SMILES string of the molecule is CCn1cc(C(CC)(CC)c2ccc(OC(=O)CCC(=O)O)c(C)c2)cc1C(=O)NCC(C)(C)O. The molecule has 1 aromatic heterocycles. The fourth-order valence-electron chi connectivity index (χ4n) is 4.29. The molecule has 2 rings (SSSR count). The molecule has 8 nitrogen and oxygen atoms in total. The topological polar surface area (TPSA) is 118 Å². The second-order valence-corrected chi connectivity index (χ2v) is 9.53. The largest absolute Gasteiger partial charge is 0.481 e. The Hall–Kier alpha value is -3.13. The van der Waals surface area contributed by atoms with Crippen molar-refractivity contribution in [3.63, 3.8) is 0 Å². The van der Waals surface area contributed by atoms with Crippen LogP contribution in [0, 0.1) is 6.92 Å². The van der Waals surface area contributed by atoms with E-state index in [-0.39, 0.29) is 30.7 Å². The maximum atomic E-state index is 12.9. The lowest BCUT2D eigenvalue weighted by atomic mass is 9.71. The zero-order chi connectivity index (χ0) is 26.4. The molecule has 0 bridgehead atoms. The minimum Gasteiger partial charge on any atom is -0.481 e. The van der Waals surface area contributed by atoms with Gasteiger partial charge in [-0.25, -0.2) is 0 Å². The predicted octanol–water partition coefficient (Wildman–Crippen LogP) is 4.19. The summed E-state index contributed by atoms with van der Waals surface area (Å²) in [6.45, 7) is 12.1. The van der Waals surface area contributed by atoms with Gasteiger partial charge in [0.1, 0.15) is 11.4 Å². The standard InChI is InChI=1S/C27H38N2O6/c1-7-27(8-2,19-10-11-22(18(4)14-19)35-24(32)13-12-23(30)31)20-15-21(29(9-3)16-20)25(33)28-17-26(5,6)34/h10-11,14-16,34H,7-9,12-13,17H2,1-6H3,(H,28,33)(H,30,31). The van der Waals surface area contributed by atoms with Gasteiger partial charge in [0.05, 0.1) is 18.4 Å². The van der Waals surface area contributed by atoms with Crippen LogP contribution in [0.4, 0.5) is 0 Å². The lowest BCUT2D eigenvalue weighted by Crippen LogP contribution is -2.38. The van der Waals surface area contributed by atoms with Crippen molar-refractivity contribution < 1.29 is 29.3 Å². The fraction of sp³-hybridized carbons (Fsp3) is 0.519. The summed E-state index contributed by atoms with van der Waals surface area (Å²) in [6.07, 6.45) is 3.14. The number of esters is 1. The molecule has 1 aromatic carbocycles. The molecule has 1 amide bonds. The van der Waals surface area contributed by atoms with E-state index in [0.29, 0.717) is 18.0 Å². The van der Waals surface area contributed by atoms with Gasteiger partial charge in [-0.05, 0) is 69.4 Å². The van der Waals surface area contributed by atoms with Crippen LogP contribution in [-0.4, -0.2) is 44.8 Å². The molecule has 0 aliphatic carbocycles. The van der Waals surface area contributed by atoms with Gasteiger partial charge in [0.15, 0.2) is 0 Å². The van der Waals surface area contributed by atoms with Gasteiger partial charge in [-0.15, -0.1) is 0 Å². The van der Waals surface area contributed by atoms with Crippen LogP contribution >= 0.6 is 0 Å². The van der Waals surface area contributed by atoms with Gasteiger partial charge in [-0.1, -0.05) is 26.0 Å². The van der Waals surface area contributed by atoms with Crippen LogP contribution in [0.3, 0.4) is 0 Å². The number of aromatic nitrogens is 1. The monoisotopic (exact) mass is 486 g/mol. The van der Waals surface area contributed by atoms with Crippen molar-refractivity contribution in [1.82, 2.24) is 9.88 Å². The van der Waals surface area contributed by atoms with E-state index in [2.05, 4.69) is 19.2 Å². The molecule has 2 aromatic rings. The summed E-state index contributed by atoms with van der Waals surface area (Å²) in [6, 6.07) is 7.59. The maximum Gasteiger partial charge on any atom is 0.311 e. The first kappa shape index (κ1) is 28.1. The number of amides is 1. The number of aliphatic carboxylic acids is 1. The average molecular weight is 487 g/mol. The second kappa shape index (κ2) is 11.5. The van der Waals surface area contributed by atoms with Gasteiger partial charge in [0, 0.05) is 24.7 Å². The number of aryl methyl sites for hydroxylation is 2. The molecule has 0 aliphatic rings. The number of benzene rings is 1. The third-order valence-electron chi connectivity index (χ3n) is 6.41. The van der Waals surface area contributed by atoms with E-state index in [9.17, 15) is 19.5 Å². The number of carbonyl (C=O) groups is 3. The zero-order valence-corrected chi connectivity index (χ0v) is 21.6. The van der Waals surface area contributed by atoms with Crippen LogP contribution in [0.2, 0.25) is 0 Å². The van der Waals surface area contributed by atoms with Crippen molar-refractivity contribution in [2.24, 2.45) is 0 Å². The summed E-state index contributed by atoms with van der Waals surface area (Å²) >= 11 is 0. The highest BCUT2D eigenvalue weighted by Crippen LogP contribution is 2.41. The molecule has 0 aliphatic heterocycles. The number of carboxylic acids is 1. The fourth-order valence-corrected chi connectivity index (χ4v) is 4.29. The Morgan fingerprint density at radius 3 is 2.20 bits per heavy atom. The van der Waals surface area contributed by atoms with Crippen molar-refractivity contribution in [3.8, 4) is 5.75 Å². The highest BCUT2D eigenvalue weighted by atomic mass is 16.5. The van der Waals surface area contributed by atoms with Crippen LogP contribution in [0.1, 0.15) is 87.5 Å². The summed E-state index contributed by atoms with van der Waals surface area (Å²) in [4.78, 5) is 35.6. The molecular weight excluding hydrogens is 448 g/mol. The van der Waals surface area contributed by atoms with Gasteiger partial charge >= 0.3 is 11.9 Å². The summed E-state index contributed by atoms with van der Waals surface area (Å²) in [7, 11) is 0. The van der Waals surface area contributed by atoms with Crippen LogP contribution in [0.15, 0.2) is 30.5 Å². The summed E-state index contributed by atoms with van der Waals surface area (Å²) in [5.41, 5.74) is 2.01. The molecule has 0 atom stereocenters. The van der Waals surface area contributed by atoms with Crippen LogP contribution in [0.5, 0.6) is 5.75 Å². The molecule has 8 heteroatoms. The van der Waals surface area contributed by atoms with Crippen molar-refractivity contribution in [2.45, 2.75) is 84.8 Å². The average Bonchev–Trinajstić information content (AvgIpc) is 3.23. The Labute approximate surface area is 207 Å². The number of carboxylic acid groups (broad SMARTS) is 1. The Morgan fingerprint density at radius 2 is 1.69 bits per heavy atom. The van der Waals surface area contributed by atoms with Crippen LogP contribution in [-0.2, 0) is 21.5 Å². The van der Waals surface area contributed by atoms with E-state index < -0.39 is 17.5 Å². The molecule has 0 radical (unpaired) electrons. The number of hydrogen-bond acceptors (Lipinski definition) is 5. The molecule has 0 unspecified atom stereocenters. The molecule has 1 heterocycles. The van der Waals surface area contributed by atoms with E-state index in [1.165, 1.54) is 0 Å². The smallest absolute Gasteiger partial charge is 0.311 e. The Morgan fingerprint density at radius 1 is 1.03 bits per heavy atom. The number of rotatable bonds is 12. The Balaban J connectivity index is 2.39. The first-order valence-electron chi connectivity index (χ1n) is 12.1. The van der Waals surface area contributed by atoms with Gasteiger partial charge in [-0.3, -0.25) is 14.4 Å². The molecule has 192 valence electrons. The van der Waals surface area contributed by atoms with Crippen LogP contribution < -0.4 is 10.1 Å². The first-order chi connectivity index (χ1) is 16.4. The number of hydrogen-bond donors (Lipinski definition) is 3. The van der Waals surface area contributed by atoms with E-state index in [4.69, 9.17) is 9.84 Å². The number of nitrogens with zero attached hydrogens (tertiary/aromatic N) is 1. The molecule has 0 saturated carbocycles. The predicted molar refractivity (Wildman–Crippen MR) is 134 cm³/mol. The molecule has 35 heavy (non-hydrogen) atoms. The van der Waals surface area contributed by atoms with E-state index in [1.54, 1.807) is 19.9 Å². The van der Waals surface area contributed by atoms with Gasteiger partial charge in [0.25, 0.3) is 5.91 Å². The highest BCUT2D eigenvalue weighted by Gasteiger charge is 2.33. The van der Waals surface area contributed by atoms with Gasteiger partial charge < -0.3 is 24.8 Å². The quantitative estimate of drug-likeness (QED) is 0.306. The lowest BCUT2D eigenvalue weighted by molar-refractivity contribution is -0.142. The summed E-state index contributed by atoms with van der Waals surface area (Å²) < 4.78 is 7.30. The molecule has 0 spiro atoms. The molecular formula is C27H38N2O6.